The Kier molecular flexibility index (Phi) is 7.53. The molecule has 1 rings (SSSR count). The van der Waals surface area contributed by atoms with Crippen LogP contribution in [0.15, 0.2) is 28.8 Å². The van der Waals surface area contributed by atoms with E-state index in [0.717, 1.165) is 34.3 Å². The molecule has 116 valence electrons. The molecule has 0 atom stereocenters. The molecule has 0 saturated carbocycles. The molecule has 0 bridgehead atoms. The van der Waals surface area contributed by atoms with Gasteiger partial charge in [-0.25, -0.2) is 0 Å². The highest BCUT2D eigenvalue weighted by atomic mass is 79.9. The Morgan fingerprint density at radius 2 is 1.86 bits per heavy atom. The van der Waals surface area contributed by atoms with E-state index in [2.05, 4.69) is 33.1 Å². The molecule has 0 aliphatic rings. The maximum atomic E-state index is 5.31. The average molecular weight is 373 g/mol. The van der Waals surface area contributed by atoms with Crippen LogP contribution in [0.1, 0.15) is 12.5 Å². The van der Waals surface area contributed by atoms with Gasteiger partial charge in [0.1, 0.15) is 0 Å². The molecule has 0 radical (unpaired) electrons. The minimum Gasteiger partial charge on any atom is -0.493 e. The summed E-state index contributed by atoms with van der Waals surface area (Å²) in [5.41, 5.74) is 2.17. The highest BCUT2D eigenvalue weighted by Crippen LogP contribution is 2.33. The zero-order valence-electron chi connectivity index (χ0n) is 12.6. The normalized spacial score (nSPS) is 9.90. The van der Waals surface area contributed by atoms with Gasteiger partial charge in [-0.1, -0.05) is 28.1 Å². The largest absolute Gasteiger partial charge is 0.493 e. The third kappa shape index (κ3) is 5.93. The lowest BCUT2D eigenvalue weighted by molar-refractivity contribution is 0.354. The smallest absolute Gasteiger partial charge is 0.166 e. The Morgan fingerprint density at radius 3 is 2.43 bits per heavy atom. The number of hydrogen-bond acceptors (Lipinski definition) is 3. The fraction of sp³-hybridized carbons (Fsp3) is 0.400. The topological polar surface area (TPSA) is 42.5 Å². The predicted octanol–water partition coefficient (Wildman–Crippen LogP) is 3.05. The van der Waals surface area contributed by atoms with Crippen molar-refractivity contribution < 1.29 is 9.47 Å². The van der Waals surface area contributed by atoms with Gasteiger partial charge in [0.05, 0.1) is 14.2 Å². The highest BCUT2D eigenvalue weighted by molar-refractivity contribution is 9.10. The monoisotopic (exact) mass is 372 g/mol. The lowest BCUT2D eigenvalue weighted by Gasteiger charge is -2.13. The predicted molar refractivity (Wildman–Crippen MR) is 94.4 cm³/mol. The molecule has 0 aromatic heterocycles. The van der Waals surface area contributed by atoms with Crippen LogP contribution in [0.5, 0.6) is 11.5 Å². The Hall–Kier alpha value is -1.27. The van der Waals surface area contributed by atoms with Crippen molar-refractivity contribution in [2.45, 2.75) is 13.3 Å². The maximum Gasteiger partial charge on any atom is 0.166 e. The first-order valence-electron chi connectivity index (χ1n) is 6.54. The standard InChI is InChI=1S/C15H21BrN2O2S/c1-10(2)9-18-15(21)17-6-5-11-7-13(19-3)14(20-4)8-12(11)16/h7-8H,1,5-6,9H2,2-4H3,(H2,17,18,21). The van der Waals surface area contributed by atoms with E-state index in [9.17, 15) is 0 Å². The van der Waals surface area contributed by atoms with Crippen molar-refractivity contribution in [1.82, 2.24) is 10.6 Å². The molecule has 21 heavy (non-hydrogen) atoms. The Bertz CT molecular complexity index is 521. The fourth-order valence-electron chi connectivity index (χ4n) is 1.69. The van der Waals surface area contributed by atoms with Gasteiger partial charge in [0.25, 0.3) is 0 Å². The van der Waals surface area contributed by atoms with Crippen molar-refractivity contribution in [3.05, 3.63) is 34.3 Å². The van der Waals surface area contributed by atoms with E-state index >= 15 is 0 Å². The second-order valence-electron chi connectivity index (χ2n) is 4.62. The van der Waals surface area contributed by atoms with Crippen molar-refractivity contribution in [3.8, 4) is 11.5 Å². The fourth-order valence-corrected chi connectivity index (χ4v) is 2.39. The van der Waals surface area contributed by atoms with Gasteiger partial charge < -0.3 is 20.1 Å². The SMILES string of the molecule is C=C(C)CNC(=S)NCCc1cc(OC)c(OC)cc1Br. The van der Waals surface area contributed by atoms with Gasteiger partial charge in [0.15, 0.2) is 16.6 Å². The molecule has 0 unspecified atom stereocenters. The van der Waals surface area contributed by atoms with Crippen LogP contribution in [0, 0.1) is 0 Å². The molecule has 0 heterocycles. The highest BCUT2D eigenvalue weighted by Gasteiger charge is 2.09. The Balaban J connectivity index is 2.55. The average Bonchev–Trinajstić information content (AvgIpc) is 2.46. The molecule has 1 aromatic carbocycles. The first kappa shape index (κ1) is 17.8. The quantitative estimate of drug-likeness (QED) is 0.568. The zero-order chi connectivity index (χ0) is 15.8. The number of thiocarbonyl (C=S) groups is 1. The summed E-state index contributed by atoms with van der Waals surface area (Å²) in [5, 5.41) is 6.89. The summed E-state index contributed by atoms with van der Waals surface area (Å²) in [6.07, 6.45) is 0.815. The number of rotatable bonds is 7. The van der Waals surface area contributed by atoms with E-state index in [-0.39, 0.29) is 0 Å². The van der Waals surface area contributed by atoms with Crippen LogP contribution in [-0.2, 0) is 6.42 Å². The minimum absolute atomic E-state index is 0.634. The van der Waals surface area contributed by atoms with Crippen LogP contribution in [0.25, 0.3) is 0 Å². The molecule has 0 aliphatic carbocycles. The molecule has 2 N–H and O–H groups in total. The van der Waals surface area contributed by atoms with Gasteiger partial charge in [-0.05, 0) is 43.3 Å². The van der Waals surface area contributed by atoms with Crippen LogP contribution in [-0.4, -0.2) is 32.4 Å². The lowest BCUT2D eigenvalue weighted by atomic mass is 10.1. The van der Waals surface area contributed by atoms with E-state index in [4.69, 9.17) is 21.7 Å². The summed E-state index contributed by atoms with van der Waals surface area (Å²) in [7, 11) is 3.25. The molecule has 6 heteroatoms. The van der Waals surface area contributed by atoms with E-state index in [1.165, 1.54) is 0 Å². The van der Waals surface area contributed by atoms with Gasteiger partial charge in [0.2, 0.25) is 0 Å². The summed E-state index contributed by atoms with van der Waals surface area (Å²) in [6.45, 7) is 7.19. The van der Waals surface area contributed by atoms with Crippen molar-refractivity contribution >= 4 is 33.3 Å². The summed E-state index contributed by atoms with van der Waals surface area (Å²) in [4.78, 5) is 0. The lowest BCUT2D eigenvalue weighted by Crippen LogP contribution is -2.37. The minimum atomic E-state index is 0.634. The molecule has 0 fully saturated rings. The van der Waals surface area contributed by atoms with E-state index in [1.54, 1.807) is 14.2 Å². The summed E-state index contributed by atoms with van der Waals surface area (Å²) in [5.74, 6) is 1.43. The third-order valence-corrected chi connectivity index (χ3v) is 3.81. The van der Waals surface area contributed by atoms with Gasteiger partial charge in [-0.15, -0.1) is 0 Å². The molecule has 0 amide bonds. The van der Waals surface area contributed by atoms with E-state index in [1.807, 2.05) is 19.1 Å². The van der Waals surface area contributed by atoms with Crippen LogP contribution < -0.4 is 20.1 Å². The van der Waals surface area contributed by atoms with Crippen molar-refractivity contribution in [3.63, 3.8) is 0 Å². The number of hydrogen-bond donors (Lipinski definition) is 2. The first-order chi connectivity index (χ1) is 9.97. The molecule has 0 spiro atoms. The van der Waals surface area contributed by atoms with Crippen molar-refractivity contribution in [1.29, 1.82) is 0 Å². The van der Waals surface area contributed by atoms with E-state index < -0.39 is 0 Å². The second kappa shape index (κ2) is 8.89. The van der Waals surface area contributed by atoms with Crippen LogP contribution in [0.4, 0.5) is 0 Å². The maximum absolute atomic E-state index is 5.31. The number of halogens is 1. The Morgan fingerprint density at radius 1 is 1.24 bits per heavy atom. The summed E-state index contributed by atoms with van der Waals surface area (Å²) in [6, 6.07) is 3.88. The molecular weight excluding hydrogens is 352 g/mol. The van der Waals surface area contributed by atoms with Crippen LogP contribution in [0.3, 0.4) is 0 Å². The molecular formula is C15H21BrN2O2S. The van der Waals surface area contributed by atoms with Gasteiger partial charge in [0, 0.05) is 17.6 Å². The molecule has 4 nitrogen and oxygen atoms in total. The van der Waals surface area contributed by atoms with Crippen LogP contribution >= 0.6 is 28.1 Å². The van der Waals surface area contributed by atoms with Crippen molar-refractivity contribution in [2.24, 2.45) is 0 Å². The third-order valence-electron chi connectivity index (χ3n) is 2.78. The number of methoxy groups -OCH3 is 2. The number of benzene rings is 1. The molecule has 0 saturated heterocycles. The number of ether oxygens (including phenoxy) is 2. The summed E-state index contributed by atoms with van der Waals surface area (Å²) >= 11 is 8.73. The van der Waals surface area contributed by atoms with Crippen molar-refractivity contribution in [2.75, 3.05) is 27.3 Å². The number of nitrogens with one attached hydrogen (secondary N) is 2. The molecule has 1 aromatic rings. The van der Waals surface area contributed by atoms with Gasteiger partial charge >= 0.3 is 0 Å². The second-order valence-corrected chi connectivity index (χ2v) is 5.88. The van der Waals surface area contributed by atoms with E-state index in [0.29, 0.717) is 17.4 Å². The zero-order valence-corrected chi connectivity index (χ0v) is 15.0. The van der Waals surface area contributed by atoms with Gasteiger partial charge in [-0.3, -0.25) is 0 Å². The summed E-state index contributed by atoms with van der Waals surface area (Å²) < 4.78 is 11.6. The van der Waals surface area contributed by atoms with Gasteiger partial charge in [-0.2, -0.15) is 0 Å². The molecule has 0 aliphatic heterocycles. The Labute approximate surface area is 140 Å². The first-order valence-corrected chi connectivity index (χ1v) is 7.74. The van der Waals surface area contributed by atoms with Crippen LogP contribution in [0.2, 0.25) is 0 Å².